The van der Waals surface area contributed by atoms with Gasteiger partial charge in [-0.3, -0.25) is 4.98 Å². The van der Waals surface area contributed by atoms with E-state index < -0.39 is 17.7 Å². The number of hydrogen-bond donors (Lipinski definition) is 1. The first kappa shape index (κ1) is 29.8. The summed E-state index contributed by atoms with van der Waals surface area (Å²) in [5.41, 5.74) is 9.77. The van der Waals surface area contributed by atoms with Crippen molar-refractivity contribution in [2.24, 2.45) is 0 Å². The van der Waals surface area contributed by atoms with Gasteiger partial charge in [0.1, 0.15) is 17.9 Å². The van der Waals surface area contributed by atoms with Crippen molar-refractivity contribution >= 4 is 11.8 Å². The number of benzene rings is 2. The lowest BCUT2D eigenvalue weighted by Gasteiger charge is -2.31. The molecule has 0 aliphatic carbocycles. The summed E-state index contributed by atoms with van der Waals surface area (Å²) in [5, 5.41) is 10.5. The highest BCUT2D eigenvalue weighted by atomic mass is 16.5. The van der Waals surface area contributed by atoms with Gasteiger partial charge in [-0.2, -0.15) is 0 Å². The number of aromatic nitrogens is 3. The van der Waals surface area contributed by atoms with Crippen LogP contribution in [0.5, 0.6) is 5.75 Å². The molecular formula is C36H40N4O4. The van der Waals surface area contributed by atoms with Crippen LogP contribution in [0.25, 0.3) is 22.3 Å². The SMILES string of the molecule is Cc1cc(N2CCc3cc(-c4c(C)nc(C)c(C(OC(C)(C)C)C(=O)O)c4-c4ccc5c(c4)CCCO5)ccc3C2)ncn1. The molecule has 0 fully saturated rings. The van der Waals surface area contributed by atoms with Gasteiger partial charge in [0, 0.05) is 47.4 Å². The van der Waals surface area contributed by atoms with E-state index in [2.05, 4.69) is 39.1 Å². The second-order valence-corrected chi connectivity index (χ2v) is 12.8. The van der Waals surface area contributed by atoms with Crippen LogP contribution in [-0.4, -0.2) is 44.8 Å². The van der Waals surface area contributed by atoms with E-state index in [0.717, 1.165) is 83.1 Å². The summed E-state index contributed by atoms with van der Waals surface area (Å²) in [6, 6.07) is 14.8. The van der Waals surface area contributed by atoms with Gasteiger partial charge in [0.25, 0.3) is 0 Å². The fourth-order valence-electron chi connectivity index (χ4n) is 6.46. The van der Waals surface area contributed by atoms with Crippen molar-refractivity contribution in [2.75, 3.05) is 18.1 Å². The monoisotopic (exact) mass is 592 g/mol. The van der Waals surface area contributed by atoms with Crippen molar-refractivity contribution < 1.29 is 19.4 Å². The Morgan fingerprint density at radius 3 is 2.43 bits per heavy atom. The van der Waals surface area contributed by atoms with Crippen LogP contribution in [0.3, 0.4) is 0 Å². The van der Waals surface area contributed by atoms with E-state index in [4.69, 9.17) is 14.5 Å². The Hall–Kier alpha value is -4.30. The number of aryl methyl sites for hydroxylation is 4. The number of hydrogen-bond acceptors (Lipinski definition) is 7. The lowest BCUT2D eigenvalue weighted by molar-refractivity contribution is -0.160. The quantitative estimate of drug-likeness (QED) is 0.257. The molecule has 0 saturated carbocycles. The zero-order valence-electron chi connectivity index (χ0n) is 26.4. The van der Waals surface area contributed by atoms with Crippen molar-refractivity contribution in [3.05, 3.63) is 88.1 Å². The van der Waals surface area contributed by atoms with Crippen LogP contribution in [0.15, 0.2) is 48.8 Å². The second-order valence-electron chi connectivity index (χ2n) is 12.8. The van der Waals surface area contributed by atoms with Gasteiger partial charge in [0.15, 0.2) is 6.10 Å². The molecule has 2 aliphatic heterocycles. The Labute approximate surface area is 259 Å². The van der Waals surface area contributed by atoms with Gasteiger partial charge in [-0.25, -0.2) is 14.8 Å². The maximum Gasteiger partial charge on any atom is 0.337 e. The number of ether oxygens (including phenoxy) is 2. The van der Waals surface area contributed by atoms with E-state index in [9.17, 15) is 9.90 Å². The van der Waals surface area contributed by atoms with Gasteiger partial charge in [-0.15, -0.1) is 0 Å². The molecule has 0 bridgehead atoms. The fourth-order valence-corrected chi connectivity index (χ4v) is 6.46. The maximum atomic E-state index is 12.9. The molecule has 0 spiro atoms. The molecule has 0 amide bonds. The van der Waals surface area contributed by atoms with E-state index in [0.29, 0.717) is 17.9 Å². The van der Waals surface area contributed by atoms with E-state index in [1.165, 1.54) is 11.1 Å². The Morgan fingerprint density at radius 2 is 1.68 bits per heavy atom. The highest BCUT2D eigenvalue weighted by Gasteiger charge is 2.34. The van der Waals surface area contributed by atoms with E-state index >= 15 is 0 Å². The fraction of sp³-hybridized carbons (Fsp3) is 0.389. The number of aliphatic carboxylic acids is 1. The number of fused-ring (bicyclic) bond motifs is 2. The predicted molar refractivity (Wildman–Crippen MR) is 171 cm³/mol. The molecule has 1 unspecified atom stereocenters. The third-order valence-corrected chi connectivity index (χ3v) is 8.38. The average Bonchev–Trinajstić information content (AvgIpc) is 2.98. The zero-order valence-corrected chi connectivity index (χ0v) is 26.4. The molecule has 1 atom stereocenters. The summed E-state index contributed by atoms with van der Waals surface area (Å²) < 4.78 is 12.2. The van der Waals surface area contributed by atoms with Crippen LogP contribution < -0.4 is 9.64 Å². The number of carboxylic acid groups (broad SMARTS) is 1. The summed E-state index contributed by atoms with van der Waals surface area (Å²) >= 11 is 0. The molecule has 0 radical (unpaired) electrons. The standard InChI is InChI=1S/C36H40N4O4/c1-21-16-30(38-20-37-21)40-14-13-24-17-26(9-10-28(24)19-40)31-22(2)39-23(3)32(34(35(41)42)44-36(4,5)6)33(31)27-11-12-29-25(18-27)8-7-15-43-29/h9-12,16-18,20,34H,7-8,13-15,19H2,1-6H3,(H,41,42). The van der Waals surface area contributed by atoms with E-state index in [1.54, 1.807) is 6.33 Å². The predicted octanol–water partition coefficient (Wildman–Crippen LogP) is 6.96. The zero-order chi connectivity index (χ0) is 31.2. The van der Waals surface area contributed by atoms with Gasteiger partial charge in [0.2, 0.25) is 0 Å². The van der Waals surface area contributed by atoms with Crippen molar-refractivity contribution in [3.63, 3.8) is 0 Å². The molecule has 4 aromatic rings. The van der Waals surface area contributed by atoms with Gasteiger partial charge in [-0.1, -0.05) is 24.3 Å². The maximum absolute atomic E-state index is 12.9. The van der Waals surface area contributed by atoms with Gasteiger partial charge >= 0.3 is 5.97 Å². The summed E-state index contributed by atoms with van der Waals surface area (Å²) in [6.45, 7) is 13.8. The molecule has 6 rings (SSSR count). The first-order valence-electron chi connectivity index (χ1n) is 15.3. The van der Waals surface area contributed by atoms with Crippen LogP contribution in [0, 0.1) is 20.8 Å². The number of nitrogens with zero attached hydrogens (tertiary/aromatic N) is 4. The van der Waals surface area contributed by atoms with Crippen molar-refractivity contribution in [1.29, 1.82) is 0 Å². The molecule has 8 nitrogen and oxygen atoms in total. The molecule has 4 heterocycles. The van der Waals surface area contributed by atoms with Crippen molar-refractivity contribution in [1.82, 2.24) is 15.0 Å². The smallest absolute Gasteiger partial charge is 0.337 e. The summed E-state index contributed by atoms with van der Waals surface area (Å²) in [5.74, 6) is 0.795. The summed E-state index contributed by atoms with van der Waals surface area (Å²) in [4.78, 5) is 28.8. The largest absolute Gasteiger partial charge is 0.493 e. The van der Waals surface area contributed by atoms with Gasteiger partial charge in [-0.05, 0) is 106 Å². The number of rotatable bonds is 6. The molecule has 2 aromatic heterocycles. The molecule has 44 heavy (non-hydrogen) atoms. The van der Waals surface area contributed by atoms with E-state index in [1.807, 2.05) is 59.7 Å². The third kappa shape index (κ3) is 5.91. The molecule has 8 heteroatoms. The lowest BCUT2D eigenvalue weighted by Crippen LogP contribution is -2.31. The van der Waals surface area contributed by atoms with Crippen molar-refractivity contribution in [2.45, 2.75) is 79.1 Å². The number of carbonyl (C=O) groups is 1. The summed E-state index contributed by atoms with van der Waals surface area (Å²) in [7, 11) is 0. The Bertz CT molecular complexity index is 1740. The molecule has 0 saturated heterocycles. The molecule has 1 N–H and O–H groups in total. The Balaban J connectivity index is 1.51. The van der Waals surface area contributed by atoms with Crippen LogP contribution >= 0.6 is 0 Å². The highest BCUT2D eigenvalue weighted by Crippen LogP contribution is 2.44. The van der Waals surface area contributed by atoms with Crippen LogP contribution in [0.2, 0.25) is 0 Å². The van der Waals surface area contributed by atoms with Gasteiger partial charge < -0.3 is 19.5 Å². The topological polar surface area (TPSA) is 97.7 Å². The Morgan fingerprint density at radius 1 is 0.932 bits per heavy atom. The molecular weight excluding hydrogens is 552 g/mol. The third-order valence-electron chi connectivity index (χ3n) is 8.38. The second kappa shape index (κ2) is 11.7. The number of pyridine rings is 1. The summed E-state index contributed by atoms with van der Waals surface area (Å²) in [6.07, 6.45) is 3.17. The van der Waals surface area contributed by atoms with Crippen LogP contribution in [0.1, 0.15) is 72.6 Å². The van der Waals surface area contributed by atoms with Crippen LogP contribution in [0.4, 0.5) is 5.82 Å². The van der Waals surface area contributed by atoms with E-state index in [-0.39, 0.29) is 0 Å². The minimum absolute atomic E-state index is 0.590. The van der Waals surface area contributed by atoms with Crippen molar-refractivity contribution in [3.8, 4) is 28.0 Å². The highest BCUT2D eigenvalue weighted by molar-refractivity contribution is 5.91. The van der Waals surface area contributed by atoms with Gasteiger partial charge in [0.05, 0.1) is 12.2 Å². The first-order valence-corrected chi connectivity index (χ1v) is 15.3. The molecule has 228 valence electrons. The minimum Gasteiger partial charge on any atom is -0.493 e. The molecule has 2 aliphatic rings. The number of anilines is 1. The molecule has 2 aromatic carbocycles. The average molecular weight is 593 g/mol. The number of carboxylic acids is 1. The normalized spacial score (nSPS) is 15.3. The Kier molecular flexibility index (Phi) is 7.88. The lowest BCUT2D eigenvalue weighted by atomic mass is 9.84. The minimum atomic E-state index is -1.19. The first-order chi connectivity index (χ1) is 21.0. The van der Waals surface area contributed by atoms with Crippen LogP contribution in [-0.2, 0) is 28.9 Å².